The third-order valence-corrected chi connectivity index (χ3v) is 10.0. The third kappa shape index (κ3) is 8.75. The van der Waals surface area contributed by atoms with Gasteiger partial charge in [-0.05, 0) is 80.8 Å². The van der Waals surface area contributed by atoms with Gasteiger partial charge in [0.25, 0.3) is 10.0 Å². The largest absolute Gasteiger partial charge is 0.352 e. The van der Waals surface area contributed by atoms with E-state index < -0.39 is 28.5 Å². The van der Waals surface area contributed by atoms with Crippen LogP contribution in [0, 0.1) is 13.8 Å². The molecule has 0 unspecified atom stereocenters. The van der Waals surface area contributed by atoms with Gasteiger partial charge >= 0.3 is 0 Å². The van der Waals surface area contributed by atoms with Crippen molar-refractivity contribution in [2.24, 2.45) is 0 Å². The second-order valence-electron chi connectivity index (χ2n) is 11.2. The number of carbonyl (C=O) groups excluding carboxylic acids is 2. The van der Waals surface area contributed by atoms with Crippen LogP contribution in [0.2, 0.25) is 5.02 Å². The summed E-state index contributed by atoms with van der Waals surface area (Å²) in [5.41, 5.74) is 3.34. The van der Waals surface area contributed by atoms with Crippen molar-refractivity contribution in [3.8, 4) is 0 Å². The molecule has 0 saturated heterocycles. The fourth-order valence-corrected chi connectivity index (χ4v) is 7.07. The molecule has 236 valence electrons. The number of hydrogen-bond acceptors (Lipinski definition) is 4. The van der Waals surface area contributed by atoms with Crippen LogP contribution in [0.1, 0.15) is 36.1 Å². The minimum Gasteiger partial charge on any atom is -0.352 e. The Balaban J connectivity index is 1.84. The van der Waals surface area contributed by atoms with Gasteiger partial charge in [-0.15, -0.1) is 0 Å². The van der Waals surface area contributed by atoms with Gasteiger partial charge in [-0.25, -0.2) is 8.42 Å². The quantitative estimate of drug-likeness (QED) is 0.170. The molecular formula is C35H37BrClN3O4S. The molecule has 0 spiro atoms. The summed E-state index contributed by atoms with van der Waals surface area (Å²) in [6.07, 6.45) is 0.236. The average molecular weight is 711 g/mol. The number of benzene rings is 4. The van der Waals surface area contributed by atoms with Crippen LogP contribution in [0.5, 0.6) is 0 Å². The van der Waals surface area contributed by atoms with E-state index in [4.69, 9.17) is 11.6 Å². The third-order valence-electron chi connectivity index (χ3n) is 7.34. The van der Waals surface area contributed by atoms with Gasteiger partial charge in [0.1, 0.15) is 12.6 Å². The van der Waals surface area contributed by atoms with Crippen molar-refractivity contribution < 1.29 is 18.0 Å². The number of sulfonamides is 1. The predicted molar refractivity (Wildman–Crippen MR) is 184 cm³/mol. The van der Waals surface area contributed by atoms with Gasteiger partial charge in [-0.1, -0.05) is 93.8 Å². The zero-order chi connectivity index (χ0) is 32.7. The van der Waals surface area contributed by atoms with Gasteiger partial charge in [0.05, 0.1) is 10.6 Å². The highest BCUT2D eigenvalue weighted by atomic mass is 79.9. The molecule has 0 radical (unpaired) electrons. The SMILES string of the molecule is Cc1ccc(S(=O)(=O)N(CC(=O)N(Cc2cccc(Br)c2)[C@@H](Cc2ccccc2)C(=O)NC(C)C)c2cccc(Cl)c2C)cc1. The lowest BCUT2D eigenvalue weighted by Crippen LogP contribution is -2.54. The van der Waals surface area contributed by atoms with Crippen molar-refractivity contribution in [3.05, 3.63) is 129 Å². The molecule has 4 aromatic rings. The summed E-state index contributed by atoms with van der Waals surface area (Å²) in [5, 5.41) is 3.34. The van der Waals surface area contributed by atoms with Gasteiger partial charge in [-0.2, -0.15) is 0 Å². The zero-order valence-electron chi connectivity index (χ0n) is 25.7. The number of aryl methyl sites for hydroxylation is 1. The Morgan fingerprint density at radius 2 is 1.51 bits per heavy atom. The summed E-state index contributed by atoms with van der Waals surface area (Å²) in [4.78, 5) is 29.9. The molecule has 7 nitrogen and oxygen atoms in total. The molecule has 10 heteroatoms. The second kappa shape index (κ2) is 15.1. The number of carbonyl (C=O) groups is 2. The number of nitrogens with one attached hydrogen (secondary N) is 1. The van der Waals surface area contributed by atoms with Gasteiger partial charge < -0.3 is 10.2 Å². The summed E-state index contributed by atoms with van der Waals surface area (Å²) in [7, 11) is -4.22. The number of rotatable bonds is 12. The standard InChI is InChI=1S/C35H37BrClN3O4S/c1-24(2)38-35(42)33(21-27-10-6-5-7-11-27)39(22-28-12-8-13-29(36)20-28)34(41)23-40(32-15-9-14-31(37)26(32)4)45(43,44)30-18-16-25(3)17-19-30/h5-20,24,33H,21-23H2,1-4H3,(H,38,42)/t33-/m0/s1. The summed E-state index contributed by atoms with van der Waals surface area (Å²) in [6, 6.07) is 27.3. The van der Waals surface area contributed by atoms with Crippen molar-refractivity contribution in [3.63, 3.8) is 0 Å². The first-order valence-electron chi connectivity index (χ1n) is 14.6. The number of anilines is 1. The van der Waals surface area contributed by atoms with E-state index in [1.165, 1.54) is 17.0 Å². The Morgan fingerprint density at radius 3 is 2.16 bits per heavy atom. The maximum absolute atomic E-state index is 14.6. The zero-order valence-corrected chi connectivity index (χ0v) is 28.9. The van der Waals surface area contributed by atoms with E-state index >= 15 is 0 Å². The first kappa shape index (κ1) is 34.2. The van der Waals surface area contributed by atoms with E-state index in [0.29, 0.717) is 10.6 Å². The Labute approximate surface area is 279 Å². The van der Waals surface area contributed by atoms with Crippen molar-refractivity contribution in [2.75, 3.05) is 10.8 Å². The van der Waals surface area contributed by atoms with E-state index in [1.54, 1.807) is 37.3 Å². The van der Waals surface area contributed by atoms with Gasteiger partial charge in [-0.3, -0.25) is 13.9 Å². The molecule has 2 amide bonds. The molecule has 0 heterocycles. The maximum atomic E-state index is 14.6. The lowest BCUT2D eigenvalue weighted by atomic mass is 10.0. The minimum absolute atomic E-state index is 0.0391. The van der Waals surface area contributed by atoms with Crippen molar-refractivity contribution in [2.45, 2.75) is 57.6 Å². The molecule has 0 saturated carbocycles. The topological polar surface area (TPSA) is 86.8 Å². The van der Waals surface area contributed by atoms with Gasteiger partial charge in [0.15, 0.2) is 0 Å². The van der Waals surface area contributed by atoms with Crippen LogP contribution in [-0.2, 0) is 32.6 Å². The van der Waals surface area contributed by atoms with Crippen LogP contribution >= 0.6 is 27.5 Å². The highest BCUT2D eigenvalue weighted by molar-refractivity contribution is 9.10. The first-order chi connectivity index (χ1) is 21.4. The van der Waals surface area contributed by atoms with E-state index in [0.717, 1.165) is 25.5 Å². The molecule has 1 atom stereocenters. The minimum atomic E-state index is -4.22. The van der Waals surface area contributed by atoms with Gasteiger partial charge in [0, 0.05) is 28.5 Å². The Hall–Kier alpha value is -3.66. The molecule has 0 aromatic heterocycles. The Morgan fingerprint density at radius 1 is 0.867 bits per heavy atom. The van der Waals surface area contributed by atoms with Crippen LogP contribution in [0.4, 0.5) is 5.69 Å². The number of amides is 2. The fourth-order valence-electron chi connectivity index (χ4n) is 4.98. The fraction of sp³-hybridized carbons (Fsp3) is 0.257. The number of nitrogens with zero attached hydrogens (tertiary/aromatic N) is 2. The smallest absolute Gasteiger partial charge is 0.264 e. The molecule has 0 aliphatic heterocycles. The predicted octanol–water partition coefficient (Wildman–Crippen LogP) is 7.08. The lowest BCUT2D eigenvalue weighted by molar-refractivity contribution is -0.140. The molecule has 0 fully saturated rings. The van der Waals surface area contributed by atoms with E-state index in [1.807, 2.05) is 75.4 Å². The molecule has 0 bridgehead atoms. The highest BCUT2D eigenvalue weighted by Gasteiger charge is 2.35. The molecule has 1 N–H and O–H groups in total. The van der Waals surface area contributed by atoms with Crippen LogP contribution in [0.3, 0.4) is 0 Å². The average Bonchev–Trinajstić information content (AvgIpc) is 2.99. The summed E-state index contributed by atoms with van der Waals surface area (Å²) in [6.45, 7) is 6.83. The molecule has 4 rings (SSSR count). The number of halogens is 2. The van der Waals surface area contributed by atoms with E-state index in [9.17, 15) is 18.0 Å². The molecule has 0 aliphatic rings. The Bertz CT molecular complexity index is 1750. The Kier molecular flexibility index (Phi) is 11.5. The summed E-state index contributed by atoms with van der Waals surface area (Å²) < 4.78 is 30.4. The van der Waals surface area contributed by atoms with Crippen molar-refractivity contribution in [1.29, 1.82) is 0 Å². The highest BCUT2D eigenvalue weighted by Crippen LogP contribution is 2.31. The van der Waals surface area contributed by atoms with E-state index in [2.05, 4.69) is 21.2 Å². The van der Waals surface area contributed by atoms with Crippen molar-refractivity contribution >= 4 is 55.1 Å². The van der Waals surface area contributed by atoms with Crippen LogP contribution in [0.25, 0.3) is 0 Å². The summed E-state index contributed by atoms with van der Waals surface area (Å²) in [5.74, 6) is -0.867. The van der Waals surface area contributed by atoms with E-state index in [-0.39, 0.29) is 35.5 Å². The number of hydrogen-bond donors (Lipinski definition) is 1. The molecule has 4 aromatic carbocycles. The summed E-state index contributed by atoms with van der Waals surface area (Å²) >= 11 is 9.95. The maximum Gasteiger partial charge on any atom is 0.264 e. The lowest BCUT2D eigenvalue weighted by Gasteiger charge is -2.34. The first-order valence-corrected chi connectivity index (χ1v) is 17.2. The van der Waals surface area contributed by atoms with Gasteiger partial charge in [0.2, 0.25) is 11.8 Å². The van der Waals surface area contributed by atoms with Crippen LogP contribution in [-0.4, -0.2) is 43.8 Å². The van der Waals surface area contributed by atoms with Crippen LogP contribution < -0.4 is 9.62 Å². The molecular weight excluding hydrogens is 674 g/mol. The van der Waals surface area contributed by atoms with Crippen LogP contribution in [0.15, 0.2) is 106 Å². The monoisotopic (exact) mass is 709 g/mol. The van der Waals surface area contributed by atoms with Crippen molar-refractivity contribution in [1.82, 2.24) is 10.2 Å². The second-order valence-corrected chi connectivity index (χ2v) is 14.4. The molecule has 45 heavy (non-hydrogen) atoms. The molecule has 0 aliphatic carbocycles. The normalized spacial score (nSPS) is 12.1.